The van der Waals surface area contributed by atoms with E-state index in [0.717, 1.165) is 12.1 Å². The number of halogens is 2. The minimum Gasteiger partial charge on any atom is -0.410 e. The van der Waals surface area contributed by atoms with Gasteiger partial charge in [-0.1, -0.05) is 0 Å². The van der Waals surface area contributed by atoms with Crippen LogP contribution >= 0.6 is 0 Å². The Bertz CT molecular complexity index is 329. The summed E-state index contributed by atoms with van der Waals surface area (Å²) in [6, 6.07) is 1.78. The first-order valence-corrected chi connectivity index (χ1v) is 3.43. The Hall–Kier alpha value is -1.65. The highest BCUT2D eigenvalue weighted by molar-refractivity contribution is 5.68. The van der Waals surface area contributed by atoms with Crippen molar-refractivity contribution in [2.24, 2.45) is 5.73 Å². The Labute approximate surface area is 73.1 Å². The maximum absolute atomic E-state index is 12.8. The molecule has 3 nitrogen and oxygen atoms in total. The number of nitrogens with two attached hydrogens (primary N) is 1. The summed E-state index contributed by atoms with van der Waals surface area (Å²) in [4.78, 5) is 10.2. The zero-order chi connectivity index (χ0) is 10.0. The van der Waals surface area contributed by atoms with Gasteiger partial charge in [0, 0.05) is 17.7 Å². The van der Waals surface area contributed by atoms with Crippen molar-refractivity contribution in [1.82, 2.24) is 0 Å². The van der Waals surface area contributed by atoms with Gasteiger partial charge in [-0.15, -0.1) is 0 Å². The first-order valence-electron chi connectivity index (χ1n) is 3.43. The van der Waals surface area contributed by atoms with Gasteiger partial charge in [-0.25, -0.2) is 13.6 Å². The molecular formula is C8H7F2NO2. The van der Waals surface area contributed by atoms with E-state index >= 15 is 0 Å². The maximum Gasteiger partial charge on any atom is 0.409 e. The molecule has 1 rings (SSSR count). The van der Waals surface area contributed by atoms with Crippen LogP contribution in [0.2, 0.25) is 0 Å². The molecule has 70 valence electrons. The zero-order valence-corrected chi connectivity index (χ0v) is 6.80. The van der Waals surface area contributed by atoms with Crippen LogP contribution in [0.4, 0.5) is 13.6 Å². The molecule has 13 heavy (non-hydrogen) atoms. The average molecular weight is 187 g/mol. The van der Waals surface area contributed by atoms with E-state index in [1.165, 1.54) is 6.92 Å². The third kappa shape index (κ3) is 2.14. The summed E-state index contributed by atoms with van der Waals surface area (Å²) in [6.07, 6.45) is -1.11. The number of carbonyl (C=O) groups excluding carboxylic acids is 1. The van der Waals surface area contributed by atoms with Crippen LogP contribution in [0.25, 0.3) is 0 Å². The number of amides is 1. The van der Waals surface area contributed by atoms with E-state index in [1.807, 2.05) is 0 Å². The highest BCUT2D eigenvalue weighted by Crippen LogP contribution is 2.19. The number of hydrogen-bond acceptors (Lipinski definition) is 2. The SMILES string of the molecule is Cc1c(F)cc(OC(N)=O)cc1F. The van der Waals surface area contributed by atoms with Gasteiger partial charge >= 0.3 is 6.09 Å². The Kier molecular flexibility index (Phi) is 2.46. The lowest BCUT2D eigenvalue weighted by atomic mass is 10.2. The van der Waals surface area contributed by atoms with Crippen LogP contribution < -0.4 is 10.5 Å². The Morgan fingerprint density at radius 2 is 1.85 bits per heavy atom. The van der Waals surface area contributed by atoms with E-state index in [0.29, 0.717) is 0 Å². The van der Waals surface area contributed by atoms with Crippen LogP contribution in [0.1, 0.15) is 5.56 Å². The average Bonchev–Trinajstić information content (AvgIpc) is 1.98. The molecule has 0 saturated carbocycles. The highest BCUT2D eigenvalue weighted by Gasteiger charge is 2.08. The standard InChI is InChI=1S/C8H7F2NO2/c1-4-6(9)2-5(3-7(4)10)13-8(11)12/h2-3H,1H3,(H2,11,12). The second-order valence-corrected chi connectivity index (χ2v) is 2.43. The van der Waals surface area contributed by atoms with E-state index in [4.69, 9.17) is 0 Å². The summed E-state index contributed by atoms with van der Waals surface area (Å²) in [5, 5.41) is 0. The summed E-state index contributed by atoms with van der Waals surface area (Å²) in [5.74, 6) is -1.80. The van der Waals surface area contributed by atoms with Crippen molar-refractivity contribution in [3.8, 4) is 5.75 Å². The molecule has 0 unspecified atom stereocenters. The van der Waals surface area contributed by atoms with Gasteiger partial charge in [-0.3, -0.25) is 0 Å². The summed E-state index contributed by atoms with van der Waals surface area (Å²) in [6.45, 7) is 1.28. The molecule has 0 fully saturated rings. The number of hydrogen-bond donors (Lipinski definition) is 1. The lowest BCUT2D eigenvalue weighted by molar-refractivity contribution is 0.210. The quantitative estimate of drug-likeness (QED) is 0.727. The Morgan fingerprint density at radius 1 is 1.38 bits per heavy atom. The summed E-state index contributed by atoms with van der Waals surface area (Å²) < 4.78 is 29.9. The van der Waals surface area contributed by atoms with E-state index < -0.39 is 17.7 Å². The Morgan fingerprint density at radius 3 is 2.23 bits per heavy atom. The van der Waals surface area contributed by atoms with Crippen molar-refractivity contribution >= 4 is 6.09 Å². The van der Waals surface area contributed by atoms with Crippen molar-refractivity contribution in [3.63, 3.8) is 0 Å². The lowest BCUT2D eigenvalue weighted by Crippen LogP contribution is -2.16. The number of carbonyl (C=O) groups is 1. The predicted octanol–water partition coefficient (Wildman–Crippen LogP) is 1.73. The zero-order valence-electron chi connectivity index (χ0n) is 6.80. The molecule has 0 aliphatic heterocycles. The van der Waals surface area contributed by atoms with Crippen LogP contribution in [0, 0.1) is 18.6 Å². The molecule has 0 bridgehead atoms. The summed E-state index contributed by atoms with van der Waals surface area (Å²) >= 11 is 0. The third-order valence-electron chi connectivity index (χ3n) is 1.47. The number of benzene rings is 1. The number of primary amides is 1. The summed E-state index contributed by atoms with van der Waals surface area (Å²) in [5.41, 5.74) is 4.53. The topological polar surface area (TPSA) is 52.3 Å². The van der Waals surface area contributed by atoms with E-state index in [2.05, 4.69) is 10.5 Å². The van der Waals surface area contributed by atoms with Crippen LogP contribution in [-0.4, -0.2) is 6.09 Å². The Balaban J connectivity index is 3.06. The fourth-order valence-corrected chi connectivity index (χ4v) is 0.797. The van der Waals surface area contributed by atoms with Crippen LogP contribution in [0.15, 0.2) is 12.1 Å². The van der Waals surface area contributed by atoms with Crippen molar-refractivity contribution in [1.29, 1.82) is 0 Å². The first-order chi connectivity index (χ1) is 6.00. The molecule has 1 aromatic carbocycles. The van der Waals surface area contributed by atoms with Gasteiger partial charge in [0.2, 0.25) is 0 Å². The fourth-order valence-electron chi connectivity index (χ4n) is 0.797. The molecule has 0 spiro atoms. The van der Waals surface area contributed by atoms with Crippen molar-refractivity contribution in [2.75, 3.05) is 0 Å². The molecule has 1 amide bonds. The molecule has 0 aliphatic carbocycles. The van der Waals surface area contributed by atoms with Crippen LogP contribution in [0.3, 0.4) is 0 Å². The summed E-state index contributed by atoms with van der Waals surface area (Å²) in [7, 11) is 0. The molecule has 0 aliphatic rings. The van der Waals surface area contributed by atoms with Crippen molar-refractivity contribution in [3.05, 3.63) is 29.3 Å². The highest BCUT2D eigenvalue weighted by atomic mass is 19.1. The number of rotatable bonds is 1. The first kappa shape index (κ1) is 9.44. The maximum atomic E-state index is 12.8. The predicted molar refractivity (Wildman–Crippen MR) is 41.3 cm³/mol. The molecule has 2 N–H and O–H groups in total. The number of ether oxygens (including phenoxy) is 1. The van der Waals surface area contributed by atoms with E-state index in [1.54, 1.807) is 0 Å². The van der Waals surface area contributed by atoms with Gasteiger partial charge in [0.1, 0.15) is 17.4 Å². The van der Waals surface area contributed by atoms with Gasteiger partial charge in [0.15, 0.2) is 0 Å². The van der Waals surface area contributed by atoms with Gasteiger partial charge < -0.3 is 10.5 Å². The van der Waals surface area contributed by atoms with Gasteiger partial charge in [-0.2, -0.15) is 0 Å². The molecule has 1 aromatic rings. The molecule has 5 heteroatoms. The fraction of sp³-hybridized carbons (Fsp3) is 0.125. The molecule has 0 radical (unpaired) electrons. The second kappa shape index (κ2) is 3.38. The van der Waals surface area contributed by atoms with Gasteiger partial charge in [0.25, 0.3) is 0 Å². The van der Waals surface area contributed by atoms with E-state index in [9.17, 15) is 13.6 Å². The van der Waals surface area contributed by atoms with Crippen molar-refractivity contribution < 1.29 is 18.3 Å². The van der Waals surface area contributed by atoms with Crippen molar-refractivity contribution in [2.45, 2.75) is 6.92 Å². The van der Waals surface area contributed by atoms with Crippen LogP contribution in [-0.2, 0) is 0 Å². The molecule has 0 saturated heterocycles. The minimum atomic E-state index is -1.11. The minimum absolute atomic E-state index is 0.128. The molecule has 0 atom stereocenters. The largest absolute Gasteiger partial charge is 0.410 e. The van der Waals surface area contributed by atoms with Crippen LogP contribution in [0.5, 0.6) is 5.75 Å². The second-order valence-electron chi connectivity index (χ2n) is 2.43. The lowest BCUT2D eigenvalue weighted by Gasteiger charge is -2.03. The smallest absolute Gasteiger partial charge is 0.409 e. The van der Waals surface area contributed by atoms with E-state index in [-0.39, 0.29) is 11.3 Å². The third-order valence-corrected chi connectivity index (χ3v) is 1.47. The van der Waals surface area contributed by atoms with Gasteiger partial charge in [0.05, 0.1) is 0 Å². The normalized spacial score (nSPS) is 9.77. The molecular weight excluding hydrogens is 180 g/mol. The molecule has 0 aromatic heterocycles. The molecule has 0 heterocycles. The van der Waals surface area contributed by atoms with Gasteiger partial charge in [-0.05, 0) is 6.92 Å². The monoisotopic (exact) mass is 187 g/mol.